The molecule has 284 valence electrons. The van der Waals surface area contributed by atoms with Crippen LogP contribution in [0.5, 0.6) is 0 Å². The van der Waals surface area contributed by atoms with E-state index >= 15 is 0 Å². The summed E-state index contributed by atoms with van der Waals surface area (Å²) in [4.78, 5) is 74.6. The first-order chi connectivity index (χ1) is 24.6. The van der Waals surface area contributed by atoms with E-state index in [9.17, 15) is 39.2 Å². The van der Waals surface area contributed by atoms with Gasteiger partial charge in [0.05, 0.1) is 18.9 Å². The van der Waals surface area contributed by atoms with Crippen LogP contribution in [0.15, 0.2) is 48.1 Å². The molecule has 52 heavy (non-hydrogen) atoms. The van der Waals surface area contributed by atoms with Crippen molar-refractivity contribution in [1.29, 1.82) is 0 Å². The molecule has 7 unspecified atom stereocenters. The SMILES string of the molecule is CC1CC2C3CCC4=CC(=O)C=CC4(C)C3C(O)C[C@]2(C)C1C(=O)COC(=O)CCC(=O)OCc1ccc(CO[N+](=O)[O-])cc1.CCCCC(=O)O. The molecule has 0 radical (unpaired) electrons. The summed E-state index contributed by atoms with van der Waals surface area (Å²) in [7, 11) is 0. The highest BCUT2D eigenvalue weighted by Gasteiger charge is 2.64. The number of nitrogens with zero attached hydrogens (tertiary/aromatic N) is 1. The number of carboxylic acids is 1. The van der Waals surface area contributed by atoms with E-state index in [-0.39, 0.29) is 79.2 Å². The maximum absolute atomic E-state index is 13.6. The normalized spacial score (nSPS) is 29.9. The lowest BCUT2D eigenvalue weighted by Crippen LogP contribution is -2.56. The van der Waals surface area contributed by atoms with Gasteiger partial charge in [0.2, 0.25) is 0 Å². The van der Waals surface area contributed by atoms with Crippen molar-refractivity contribution < 1.29 is 53.6 Å². The smallest absolute Gasteiger partial charge is 0.306 e. The zero-order chi connectivity index (χ0) is 38.2. The topological polar surface area (TPSA) is 197 Å². The largest absolute Gasteiger partial charge is 0.481 e. The number of ether oxygens (including phenoxy) is 2. The van der Waals surface area contributed by atoms with E-state index in [0.29, 0.717) is 24.0 Å². The van der Waals surface area contributed by atoms with Gasteiger partial charge in [-0.15, -0.1) is 10.1 Å². The summed E-state index contributed by atoms with van der Waals surface area (Å²) in [6, 6.07) is 6.57. The zero-order valence-corrected chi connectivity index (χ0v) is 30.4. The number of Topliss-reactive ketones (excluding diaryl/α,β-unsaturated/α-hetero) is 1. The predicted molar refractivity (Wildman–Crippen MR) is 186 cm³/mol. The number of aliphatic hydroxyl groups excluding tert-OH is 1. The highest BCUT2D eigenvalue weighted by atomic mass is 16.9. The van der Waals surface area contributed by atoms with Crippen molar-refractivity contribution in [2.24, 2.45) is 40.4 Å². The average molecular weight is 726 g/mol. The lowest BCUT2D eigenvalue weighted by molar-refractivity contribution is -0.763. The minimum atomic E-state index is -0.873. The summed E-state index contributed by atoms with van der Waals surface area (Å²) in [5, 5.41) is 29.0. The first kappa shape index (κ1) is 40.4. The van der Waals surface area contributed by atoms with Crippen LogP contribution in [-0.4, -0.2) is 57.5 Å². The number of carboxylic acid groups (broad SMARTS) is 1. The monoisotopic (exact) mass is 725 g/mol. The Morgan fingerprint density at radius 1 is 1.00 bits per heavy atom. The van der Waals surface area contributed by atoms with E-state index in [4.69, 9.17) is 14.6 Å². The minimum absolute atomic E-state index is 0.00476. The number of carbonyl (C=O) groups excluding carboxylic acids is 4. The van der Waals surface area contributed by atoms with Crippen molar-refractivity contribution in [3.63, 3.8) is 0 Å². The molecule has 0 aromatic heterocycles. The predicted octanol–water partition coefficient (Wildman–Crippen LogP) is 5.73. The molecule has 0 amide bonds. The molecule has 13 heteroatoms. The third-order valence-corrected chi connectivity index (χ3v) is 11.6. The Bertz CT molecular complexity index is 1570. The van der Waals surface area contributed by atoms with Crippen LogP contribution in [0.4, 0.5) is 0 Å². The fourth-order valence-corrected chi connectivity index (χ4v) is 9.32. The third-order valence-electron chi connectivity index (χ3n) is 11.6. The van der Waals surface area contributed by atoms with Crippen molar-refractivity contribution in [3.8, 4) is 0 Å². The van der Waals surface area contributed by atoms with Gasteiger partial charge >= 0.3 is 17.9 Å². The van der Waals surface area contributed by atoms with Crippen LogP contribution in [-0.2, 0) is 51.5 Å². The van der Waals surface area contributed by atoms with Gasteiger partial charge in [-0.3, -0.25) is 24.0 Å². The van der Waals surface area contributed by atoms with Gasteiger partial charge in [0, 0.05) is 23.7 Å². The summed E-state index contributed by atoms with van der Waals surface area (Å²) in [6.07, 6.45) is 9.34. The van der Waals surface area contributed by atoms with Gasteiger partial charge in [-0.1, -0.05) is 70.0 Å². The molecule has 3 saturated carbocycles. The van der Waals surface area contributed by atoms with Crippen molar-refractivity contribution in [1.82, 2.24) is 0 Å². The molecule has 1 aromatic rings. The van der Waals surface area contributed by atoms with Crippen LogP contribution in [0, 0.1) is 50.5 Å². The number of rotatable bonds is 14. The van der Waals surface area contributed by atoms with Crippen molar-refractivity contribution in [2.45, 2.75) is 105 Å². The number of aliphatic hydroxyl groups is 1. The molecule has 13 nitrogen and oxygen atoms in total. The molecule has 3 fully saturated rings. The molecule has 0 spiro atoms. The standard InChI is InChI=1S/C34H41NO10.C5H10O2/c1-20-14-26-25-9-8-23-15-24(36)12-13-33(23,2)32(25)27(37)16-34(26,3)31(20)28(38)19-44-30(40)11-10-29(39)43-17-21-4-6-22(7-5-21)18-45-35(41)42;1-2-3-4-5(6)7/h4-7,12-13,15,20,25-27,31-32,37H,8-11,14,16-19H2,1-3H3;2-4H2,1H3,(H,6,7)/t20?,25?,26?,27?,31?,32?,33?,34-;/m0./s1. The summed E-state index contributed by atoms with van der Waals surface area (Å²) in [5.41, 5.74) is 1.54. The second-order valence-electron chi connectivity index (χ2n) is 15.1. The van der Waals surface area contributed by atoms with Crippen LogP contribution in [0.2, 0.25) is 0 Å². The van der Waals surface area contributed by atoms with Crippen LogP contribution in [0.25, 0.3) is 0 Å². The Balaban J connectivity index is 0.000000785. The molecular weight excluding hydrogens is 674 g/mol. The quantitative estimate of drug-likeness (QED) is 0.134. The van der Waals surface area contributed by atoms with E-state index < -0.39 is 34.5 Å². The number of unbranched alkanes of at least 4 members (excludes halogenated alkanes) is 1. The number of benzene rings is 1. The fraction of sp³-hybridized carbons (Fsp3) is 0.615. The molecule has 0 bridgehead atoms. The molecule has 0 heterocycles. The molecule has 8 atom stereocenters. The van der Waals surface area contributed by atoms with Gasteiger partial charge in [0.15, 0.2) is 11.6 Å². The summed E-state index contributed by atoms with van der Waals surface area (Å²) < 4.78 is 10.5. The second kappa shape index (κ2) is 17.4. The van der Waals surface area contributed by atoms with Crippen molar-refractivity contribution in [3.05, 3.63) is 69.3 Å². The van der Waals surface area contributed by atoms with Crippen LogP contribution >= 0.6 is 0 Å². The van der Waals surface area contributed by atoms with Crippen LogP contribution in [0.3, 0.4) is 0 Å². The summed E-state index contributed by atoms with van der Waals surface area (Å²) in [6.45, 7) is 7.68. The lowest BCUT2D eigenvalue weighted by atomic mass is 9.46. The van der Waals surface area contributed by atoms with E-state index in [1.807, 2.05) is 13.0 Å². The number of allylic oxidation sites excluding steroid dienone is 4. The molecule has 5 rings (SSSR count). The van der Waals surface area contributed by atoms with Crippen molar-refractivity contribution in [2.75, 3.05) is 6.61 Å². The maximum Gasteiger partial charge on any atom is 0.306 e. The number of hydrogen-bond donors (Lipinski definition) is 2. The third kappa shape index (κ3) is 9.53. The van der Waals surface area contributed by atoms with E-state index in [1.54, 1.807) is 36.4 Å². The summed E-state index contributed by atoms with van der Waals surface area (Å²) >= 11 is 0. The number of carbonyl (C=O) groups is 5. The number of hydrogen-bond acceptors (Lipinski definition) is 11. The Labute approximate surface area is 303 Å². The number of esters is 2. The molecule has 4 aliphatic carbocycles. The van der Waals surface area contributed by atoms with Gasteiger partial charge in [-0.2, -0.15) is 0 Å². The molecule has 1 aromatic carbocycles. The fourth-order valence-electron chi connectivity index (χ4n) is 9.32. The number of ketones is 2. The van der Waals surface area contributed by atoms with Gasteiger partial charge in [0.25, 0.3) is 5.09 Å². The molecule has 0 saturated heterocycles. The van der Waals surface area contributed by atoms with Crippen molar-refractivity contribution >= 4 is 29.5 Å². The number of fused-ring (bicyclic) bond motifs is 5. The Kier molecular flexibility index (Phi) is 13.5. The Morgan fingerprint density at radius 3 is 2.23 bits per heavy atom. The molecule has 2 N–H and O–H groups in total. The Hall–Kier alpha value is -4.39. The molecule has 4 aliphatic rings. The van der Waals surface area contributed by atoms with Gasteiger partial charge in [0.1, 0.15) is 19.8 Å². The summed E-state index contributed by atoms with van der Waals surface area (Å²) in [5.74, 6) is -1.98. The van der Waals surface area contributed by atoms with Crippen LogP contribution in [0.1, 0.15) is 96.6 Å². The highest BCUT2D eigenvalue weighted by Crippen LogP contribution is 2.67. The van der Waals surface area contributed by atoms with Gasteiger partial charge < -0.3 is 24.5 Å². The van der Waals surface area contributed by atoms with E-state index in [0.717, 1.165) is 37.7 Å². The second-order valence-corrected chi connectivity index (χ2v) is 15.1. The van der Waals surface area contributed by atoms with Gasteiger partial charge in [-0.25, -0.2) is 0 Å². The zero-order valence-electron chi connectivity index (χ0n) is 30.4. The highest BCUT2D eigenvalue weighted by molar-refractivity contribution is 6.01. The van der Waals surface area contributed by atoms with E-state index in [1.165, 1.54) is 0 Å². The average Bonchev–Trinajstić information content (AvgIpc) is 3.36. The van der Waals surface area contributed by atoms with E-state index in [2.05, 4.69) is 25.6 Å². The van der Waals surface area contributed by atoms with Crippen LogP contribution < -0.4 is 0 Å². The molecule has 0 aliphatic heterocycles. The molecular formula is C39H51NO12. The first-order valence-electron chi connectivity index (χ1n) is 18.1. The van der Waals surface area contributed by atoms with Gasteiger partial charge in [-0.05, 0) is 78.6 Å². The minimum Gasteiger partial charge on any atom is -0.481 e. The Morgan fingerprint density at radius 2 is 1.63 bits per heavy atom. The first-order valence-corrected chi connectivity index (χ1v) is 18.1. The lowest BCUT2D eigenvalue weighted by Gasteiger charge is -2.58. The maximum atomic E-state index is 13.6. The number of aliphatic carboxylic acids is 1.